The van der Waals surface area contributed by atoms with Crippen molar-refractivity contribution in [2.45, 2.75) is 13.8 Å². The maximum Gasteiger partial charge on any atom is 0.199 e. The van der Waals surface area contributed by atoms with Crippen LogP contribution in [-0.2, 0) is 0 Å². The third-order valence-electron chi connectivity index (χ3n) is 3.12. The number of nitriles is 2. The maximum atomic E-state index is 8.95. The van der Waals surface area contributed by atoms with Gasteiger partial charge in [0.2, 0.25) is 0 Å². The van der Waals surface area contributed by atoms with Crippen molar-refractivity contribution < 1.29 is 0 Å². The van der Waals surface area contributed by atoms with E-state index in [4.69, 9.17) is 10.5 Å². The Bertz CT molecular complexity index is 868. The molecule has 2 aromatic heterocycles. The monoisotopic (exact) mass is 260 g/mol. The van der Waals surface area contributed by atoms with Crippen LogP contribution in [0.1, 0.15) is 22.5 Å². The normalized spacial score (nSPS) is 10.4. The van der Waals surface area contributed by atoms with Gasteiger partial charge in [-0.05, 0) is 37.1 Å². The van der Waals surface area contributed by atoms with E-state index in [1.807, 2.05) is 38.1 Å². The Morgan fingerprint density at radius 1 is 0.750 bits per heavy atom. The molecule has 0 radical (unpaired) electrons. The van der Waals surface area contributed by atoms with Gasteiger partial charge in [-0.25, -0.2) is 19.9 Å². The summed E-state index contributed by atoms with van der Waals surface area (Å²) < 4.78 is 0. The van der Waals surface area contributed by atoms with Crippen molar-refractivity contribution in [1.82, 2.24) is 19.9 Å². The van der Waals surface area contributed by atoms with Crippen molar-refractivity contribution in [1.29, 1.82) is 10.5 Å². The predicted octanol–water partition coefficient (Wildman–Crippen LogP) is 1.93. The Hall–Kier alpha value is -3.12. The van der Waals surface area contributed by atoms with Gasteiger partial charge in [-0.1, -0.05) is 0 Å². The number of fused-ring (bicyclic) bond motifs is 2. The van der Waals surface area contributed by atoms with Gasteiger partial charge in [0, 0.05) is 0 Å². The lowest BCUT2D eigenvalue weighted by Gasteiger charge is -2.04. The fourth-order valence-corrected chi connectivity index (χ4v) is 1.92. The zero-order valence-corrected chi connectivity index (χ0v) is 10.8. The Morgan fingerprint density at radius 3 is 1.50 bits per heavy atom. The molecule has 0 aliphatic rings. The first-order valence-electron chi connectivity index (χ1n) is 5.89. The van der Waals surface area contributed by atoms with Crippen LogP contribution in [0.5, 0.6) is 0 Å². The molecule has 0 aliphatic heterocycles. The molecule has 0 unspecified atom stereocenters. The van der Waals surface area contributed by atoms with Crippen LogP contribution >= 0.6 is 0 Å². The van der Waals surface area contributed by atoms with Gasteiger partial charge in [-0.3, -0.25) is 0 Å². The maximum absolute atomic E-state index is 8.95. The summed E-state index contributed by atoms with van der Waals surface area (Å²) in [6.07, 6.45) is 0. The molecule has 0 saturated heterocycles. The van der Waals surface area contributed by atoms with Gasteiger partial charge in [-0.2, -0.15) is 10.5 Å². The molecule has 0 N–H and O–H groups in total. The van der Waals surface area contributed by atoms with Crippen LogP contribution < -0.4 is 0 Å². The van der Waals surface area contributed by atoms with E-state index < -0.39 is 0 Å². The van der Waals surface area contributed by atoms with E-state index in [-0.39, 0.29) is 22.7 Å². The van der Waals surface area contributed by atoms with Gasteiger partial charge in [0.05, 0.1) is 11.0 Å². The molecule has 2 heterocycles. The molecule has 3 aromatic rings. The second-order valence-electron chi connectivity index (χ2n) is 4.44. The van der Waals surface area contributed by atoms with Crippen molar-refractivity contribution in [3.05, 3.63) is 34.6 Å². The first kappa shape index (κ1) is 11.9. The summed E-state index contributed by atoms with van der Waals surface area (Å²) in [7, 11) is 0. The molecule has 0 fully saturated rings. The van der Waals surface area contributed by atoms with Crippen LogP contribution in [0.3, 0.4) is 0 Å². The minimum absolute atomic E-state index is 0.0301. The zero-order valence-electron chi connectivity index (χ0n) is 10.8. The standard InChI is InChI=1S/C14H8N6/c1-7-3-9-10(4-8(7)2)18-14-13(17-9)19-11(5-15)12(6-16)20-14/h3-4H,1-2H3. The Labute approximate surface area is 114 Å². The van der Waals surface area contributed by atoms with Gasteiger partial charge in [0.15, 0.2) is 22.7 Å². The molecule has 0 amide bonds. The average Bonchev–Trinajstić information content (AvgIpc) is 2.45. The highest BCUT2D eigenvalue weighted by molar-refractivity contribution is 5.84. The topological polar surface area (TPSA) is 99.1 Å². The first-order chi connectivity index (χ1) is 9.62. The number of nitrogens with zero attached hydrogens (tertiary/aromatic N) is 6. The number of aromatic nitrogens is 4. The van der Waals surface area contributed by atoms with E-state index in [2.05, 4.69) is 19.9 Å². The van der Waals surface area contributed by atoms with Crippen molar-refractivity contribution in [2.75, 3.05) is 0 Å². The molecule has 0 spiro atoms. The van der Waals surface area contributed by atoms with E-state index >= 15 is 0 Å². The highest BCUT2D eigenvalue weighted by atomic mass is 15.0. The molecule has 3 rings (SSSR count). The van der Waals surface area contributed by atoms with Crippen molar-refractivity contribution in [3.8, 4) is 12.1 Å². The van der Waals surface area contributed by atoms with Gasteiger partial charge >= 0.3 is 0 Å². The highest BCUT2D eigenvalue weighted by Crippen LogP contribution is 2.18. The second kappa shape index (κ2) is 4.22. The quantitative estimate of drug-likeness (QED) is 0.572. The van der Waals surface area contributed by atoms with Gasteiger partial charge in [0.1, 0.15) is 12.1 Å². The summed E-state index contributed by atoms with van der Waals surface area (Å²) >= 11 is 0. The van der Waals surface area contributed by atoms with Crippen LogP contribution in [-0.4, -0.2) is 19.9 Å². The molecule has 1 aromatic carbocycles. The molecule has 6 heteroatoms. The molecule has 0 saturated carbocycles. The van der Waals surface area contributed by atoms with E-state index in [0.29, 0.717) is 11.0 Å². The lowest BCUT2D eigenvalue weighted by molar-refractivity contribution is 1.14. The van der Waals surface area contributed by atoms with E-state index in [1.165, 1.54) is 0 Å². The van der Waals surface area contributed by atoms with Crippen LogP contribution in [0.2, 0.25) is 0 Å². The summed E-state index contributed by atoms with van der Waals surface area (Å²) in [5.74, 6) is 0. The lowest BCUT2D eigenvalue weighted by atomic mass is 10.1. The Balaban J connectivity index is 2.43. The molecular weight excluding hydrogens is 252 g/mol. The summed E-state index contributed by atoms with van der Waals surface area (Å²) in [5, 5.41) is 17.9. The first-order valence-corrected chi connectivity index (χ1v) is 5.89. The Kier molecular flexibility index (Phi) is 2.52. The van der Waals surface area contributed by atoms with Gasteiger partial charge in [0.25, 0.3) is 0 Å². The number of benzene rings is 1. The van der Waals surface area contributed by atoms with E-state index in [0.717, 1.165) is 11.1 Å². The fourth-order valence-electron chi connectivity index (χ4n) is 1.92. The molecule has 0 atom stereocenters. The molecule has 94 valence electrons. The van der Waals surface area contributed by atoms with Gasteiger partial charge < -0.3 is 0 Å². The summed E-state index contributed by atoms with van der Waals surface area (Å²) in [6.45, 7) is 3.98. The van der Waals surface area contributed by atoms with Crippen LogP contribution in [0, 0.1) is 36.5 Å². The molecule has 20 heavy (non-hydrogen) atoms. The number of aryl methyl sites for hydroxylation is 2. The van der Waals surface area contributed by atoms with Crippen molar-refractivity contribution in [2.24, 2.45) is 0 Å². The van der Waals surface area contributed by atoms with Crippen molar-refractivity contribution >= 4 is 22.3 Å². The smallest absolute Gasteiger partial charge is 0.199 e. The Morgan fingerprint density at radius 2 is 1.15 bits per heavy atom. The SMILES string of the molecule is Cc1cc2nc3nc(C#N)c(C#N)nc3nc2cc1C. The van der Waals surface area contributed by atoms with E-state index in [9.17, 15) is 0 Å². The average molecular weight is 260 g/mol. The summed E-state index contributed by atoms with van der Waals surface area (Å²) in [6, 6.07) is 7.53. The fraction of sp³-hybridized carbons (Fsp3) is 0.143. The van der Waals surface area contributed by atoms with E-state index in [1.54, 1.807) is 0 Å². The largest absolute Gasteiger partial charge is 0.224 e. The lowest BCUT2D eigenvalue weighted by Crippen LogP contribution is -2.00. The van der Waals surface area contributed by atoms with Crippen molar-refractivity contribution in [3.63, 3.8) is 0 Å². The minimum Gasteiger partial charge on any atom is -0.224 e. The number of rotatable bonds is 0. The summed E-state index contributed by atoms with van der Waals surface area (Å²) in [5.41, 5.74) is 4.09. The van der Waals surface area contributed by atoms with Crippen LogP contribution in [0.4, 0.5) is 0 Å². The van der Waals surface area contributed by atoms with Crippen LogP contribution in [0.25, 0.3) is 22.3 Å². The molecular formula is C14H8N6. The second-order valence-corrected chi connectivity index (χ2v) is 4.44. The highest BCUT2D eigenvalue weighted by Gasteiger charge is 2.11. The van der Waals surface area contributed by atoms with Crippen LogP contribution in [0.15, 0.2) is 12.1 Å². The zero-order chi connectivity index (χ0) is 14.3. The number of hydrogen-bond acceptors (Lipinski definition) is 6. The molecule has 6 nitrogen and oxygen atoms in total. The number of hydrogen-bond donors (Lipinski definition) is 0. The predicted molar refractivity (Wildman–Crippen MR) is 71.5 cm³/mol. The minimum atomic E-state index is -0.0301. The van der Waals surface area contributed by atoms with Gasteiger partial charge in [-0.15, -0.1) is 0 Å². The molecule has 0 aliphatic carbocycles. The third-order valence-corrected chi connectivity index (χ3v) is 3.12. The third kappa shape index (κ3) is 1.72. The molecule has 0 bridgehead atoms. The summed E-state index contributed by atoms with van der Waals surface area (Å²) in [4.78, 5) is 16.8.